The minimum Gasteiger partial charge on any atom is -0.350 e. The van der Waals surface area contributed by atoms with Crippen LogP contribution >= 0.6 is 0 Å². The summed E-state index contributed by atoms with van der Waals surface area (Å²) in [5.74, 6) is 0.0273. The molecule has 1 N–H and O–H groups in total. The lowest BCUT2D eigenvalue weighted by atomic mass is 10.2. The first-order valence-corrected chi connectivity index (χ1v) is 5.11. The molecule has 2 rings (SSSR count). The lowest BCUT2D eigenvalue weighted by Crippen LogP contribution is -2.06. The average molecular weight is 238 g/mol. The monoisotopic (exact) mass is 238 g/mol. The molecule has 0 spiro atoms. The molecular weight excluding hydrogens is 226 g/mol. The first-order chi connectivity index (χ1) is 8.04. The summed E-state index contributed by atoms with van der Waals surface area (Å²) in [5.41, 5.74) is 0.517. The van der Waals surface area contributed by atoms with Crippen molar-refractivity contribution in [3.05, 3.63) is 41.2 Å². The Morgan fingerprint density at radius 2 is 1.88 bits per heavy atom. The third-order valence-electron chi connectivity index (χ3n) is 2.24. The second kappa shape index (κ2) is 4.48. The van der Waals surface area contributed by atoms with Crippen LogP contribution in [0.1, 0.15) is 11.4 Å². The zero-order valence-electron chi connectivity index (χ0n) is 9.54. The highest BCUT2D eigenvalue weighted by molar-refractivity contribution is 5.28. The number of benzene rings is 1. The van der Waals surface area contributed by atoms with Crippen molar-refractivity contribution in [3.8, 4) is 0 Å². The Bertz CT molecular complexity index is 516. The Hall–Kier alpha value is -1.98. The van der Waals surface area contributed by atoms with E-state index in [4.69, 9.17) is 0 Å². The van der Waals surface area contributed by atoms with Crippen molar-refractivity contribution in [1.82, 2.24) is 14.8 Å². The molecule has 0 saturated carbocycles. The van der Waals surface area contributed by atoms with E-state index in [2.05, 4.69) is 15.4 Å². The Balaban J connectivity index is 2.09. The number of aromatic nitrogens is 3. The number of anilines is 1. The molecule has 0 unspecified atom stereocenters. The van der Waals surface area contributed by atoms with Crippen LogP contribution in [0.15, 0.2) is 18.2 Å². The molecule has 1 aromatic heterocycles. The van der Waals surface area contributed by atoms with Gasteiger partial charge in [-0.25, -0.2) is 13.5 Å². The molecule has 0 aliphatic rings. The largest absolute Gasteiger partial charge is 0.350 e. The quantitative estimate of drug-likeness (QED) is 0.889. The van der Waals surface area contributed by atoms with Gasteiger partial charge in [-0.15, -0.1) is 0 Å². The van der Waals surface area contributed by atoms with Gasteiger partial charge in [-0.3, -0.25) is 0 Å². The number of nitrogens with zero attached hydrogens (tertiary/aromatic N) is 3. The number of aryl methyl sites for hydroxylation is 2. The zero-order valence-corrected chi connectivity index (χ0v) is 9.54. The molecule has 17 heavy (non-hydrogen) atoms. The first kappa shape index (κ1) is 11.5. The Labute approximate surface area is 97.3 Å². The summed E-state index contributed by atoms with van der Waals surface area (Å²) in [4.78, 5) is 4.12. The molecule has 0 atom stereocenters. The maximum absolute atomic E-state index is 12.9. The van der Waals surface area contributed by atoms with Gasteiger partial charge in [0.25, 0.3) is 0 Å². The van der Waals surface area contributed by atoms with Gasteiger partial charge in [0.05, 0.1) is 0 Å². The normalized spacial score (nSPS) is 10.6. The Kier molecular flexibility index (Phi) is 3.03. The summed E-state index contributed by atoms with van der Waals surface area (Å²) in [6.45, 7) is 2.06. The Morgan fingerprint density at radius 1 is 1.24 bits per heavy atom. The third kappa shape index (κ3) is 2.77. The molecule has 90 valence electrons. The zero-order chi connectivity index (χ0) is 12.4. The molecule has 0 bridgehead atoms. The van der Waals surface area contributed by atoms with E-state index in [9.17, 15) is 8.78 Å². The molecule has 0 amide bonds. The maximum Gasteiger partial charge on any atom is 0.221 e. The smallest absolute Gasteiger partial charge is 0.221 e. The summed E-state index contributed by atoms with van der Waals surface area (Å²) in [5, 5.41) is 7.01. The van der Waals surface area contributed by atoms with Crippen LogP contribution in [0.25, 0.3) is 0 Å². The van der Waals surface area contributed by atoms with E-state index in [1.807, 2.05) is 0 Å². The fourth-order valence-corrected chi connectivity index (χ4v) is 1.56. The average Bonchev–Trinajstić information content (AvgIpc) is 2.53. The number of rotatable bonds is 3. The van der Waals surface area contributed by atoms with Crippen LogP contribution in [0.2, 0.25) is 0 Å². The standard InChI is InChI=1S/C11H12F2N4/c1-7-15-11(17(2)16-7)14-6-8-3-9(12)5-10(13)4-8/h3-5H,6H2,1-2H3,(H,14,15,16). The van der Waals surface area contributed by atoms with Crippen molar-refractivity contribution < 1.29 is 8.78 Å². The number of halogens is 2. The minimum atomic E-state index is -0.587. The minimum absolute atomic E-state index is 0.292. The highest BCUT2D eigenvalue weighted by Crippen LogP contribution is 2.10. The predicted molar refractivity (Wildman–Crippen MR) is 59.4 cm³/mol. The molecule has 1 aromatic carbocycles. The van der Waals surface area contributed by atoms with Crippen molar-refractivity contribution in [1.29, 1.82) is 0 Å². The van der Waals surface area contributed by atoms with Gasteiger partial charge in [-0.05, 0) is 24.6 Å². The van der Waals surface area contributed by atoms with Crippen molar-refractivity contribution in [2.24, 2.45) is 7.05 Å². The lowest BCUT2D eigenvalue weighted by Gasteiger charge is -2.05. The van der Waals surface area contributed by atoms with E-state index in [-0.39, 0.29) is 0 Å². The third-order valence-corrected chi connectivity index (χ3v) is 2.24. The van der Waals surface area contributed by atoms with E-state index in [1.165, 1.54) is 12.1 Å². The second-order valence-electron chi connectivity index (χ2n) is 3.74. The fraction of sp³-hybridized carbons (Fsp3) is 0.273. The van der Waals surface area contributed by atoms with Gasteiger partial charge in [0.1, 0.15) is 17.5 Å². The molecule has 0 aliphatic heterocycles. The van der Waals surface area contributed by atoms with Gasteiger partial charge in [0.15, 0.2) is 0 Å². The molecule has 2 aromatic rings. The van der Waals surface area contributed by atoms with E-state index in [0.717, 1.165) is 6.07 Å². The fourth-order valence-electron chi connectivity index (χ4n) is 1.56. The predicted octanol–water partition coefficient (Wildman–Crippen LogP) is 2.01. The number of hydrogen-bond donors (Lipinski definition) is 1. The van der Waals surface area contributed by atoms with Gasteiger partial charge >= 0.3 is 0 Å². The topological polar surface area (TPSA) is 42.7 Å². The van der Waals surface area contributed by atoms with Crippen molar-refractivity contribution in [2.45, 2.75) is 13.5 Å². The Morgan fingerprint density at radius 3 is 2.41 bits per heavy atom. The van der Waals surface area contributed by atoms with E-state index in [0.29, 0.717) is 23.9 Å². The number of nitrogens with one attached hydrogen (secondary N) is 1. The van der Waals surface area contributed by atoms with Crippen molar-refractivity contribution in [2.75, 3.05) is 5.32 Å². The van der Waals surface area contributed by atoms with Gasteiger partial charge < -0.3 is 5.32 Å². The van der Waals surface area contributed by atoms with Gasteiger partial charge in [-0.2, -0.15) is 10.1 Å². The molecule has 0 saturated heterocycles. The van der Waals surface area contributed by atoms with Crippen LogP contribution in [0.3, 0.4) is 0 Å². The highest BCUT2D eigenvalue weighted by atomic mass is 19.1. The molecular formula is C11H12F2N4. The summed E-state index contributed by atoms with van der Waals surface area (Å²) in [6.07, 6.45) is 0. The summed E-state index contributed by atoms with van der Waals surface area (Å²) in [7, 11) is 1.74. The summed E-state index contributed by atoms with van der Waals surface area (Å²) >= 11 is 0. The van der Waals surface area contributed by atoms with Crippen LogP contribution in [0.5, 0.6) is 0 Å². The summed E-state index contributed by atoms with van der Waals surface area (Å²) in [6, 6.07) is 3.40. The lowest BCUT2D eigenvalue weighted by molar-refractivity contribution is 0.580. The highest BCUT2D eigenvalue weighted by Gasteiger charge is 2.04. The van der Waals surface area contributed by atoms with Crippen molar-refractivity contribution in [3.63, 3.8) is 0 Å². The van der Waals surface area contributed by atoms with Crippen molar-refractivity contribution >= 4 is 5.95 Å². The summed E-state index contributed by atoms with van der Waals surface area (Å²) < 4.78 is 27.4. The second-order valence-corrected chi connectivity index (χ2v) is 3.74. The van der Waals surface area contributed by atoms with Gasteiger partial charge in [-0.1, -0.05) is 0 Å². The number of hydrogen-bond acceptors (Lipinski definition) is 3. The van der Waals surface area contributed by atoms with E-state index in [1.54, 1.807) is 18.7 Å². The van der Waals surface area contributed by atoms with Crippen LogP contribution < -0.4 is 5.32 Å². The SMILES string of the molecule is Cc1nc(NCc2cc(F)cc(F)c2)n(C)n1. The van der Waals surface area contributed by atoms with Crippen LogP contribution in [0.4, 0.5) is 14.7 Å². The van der Waals surface area contributed by atoms with Gasteiger partial charge in [0, 0.05) is 19.7 Å². The van der Waals surface area contributed by atoms with Crippen LogP contribution in [0, 0.1) is 18.6 Å². The van der Waals surface area contributed by atoms with Gasteiger partial charge in [0.2, 0.25) is 5.95 Å². The first-order valence-electron chi connectivity index (χ1n) is 5.11. The maximum atomic E-state index is 12.9. The molecule has 0 fully saturated rings. The van der Waals surface area contributed by atoms with Crippen LogP contribution in [-0.2, 0) is 13.6 Å². The molecule has 6 heteroatoms. The molecule has 4 nitrogen and oxygen atoms in total. The molecule has 0 radical (unpaired) electrons. The van der Waals surface area contributed by atoms with E-state index >= 15 is 0 Å². The van der Waals surface area contributed by atoms with Crippen LogP contribution in [-0.4, -0.2) is 14.8 Å². The van der Waals surface area contributed by atoms with E-state index < -0.39 is 11.6 Å². The molecule has 0 aliphatic carbocycles. The molecule has 1 heterocycles.